The molecule has 2 nitrogen and oxygen atoms in total. The van der Waals surface area contributed by atoms with Gasteiger partial charge in [-0.2, -0.15) is 0 Å². The molecule has 0 bridgehead atoms. The SMILES string of the molecule is CCC(C)NCCS(C)=O. The quantitative estimate of drug-likeness (QED) is 0.648. The van der Waals surface area contributed by atoms with E-state index < -0.39 is 10.8 Å². The van der Waals surface area contributed by atoms with Gasteiger partial charge in [0.2, 0.25) is 0 Å². The van der Waals surface area contributed by atoms with Crippen LogP contribution < -0.4 is 5.32 Å². The van der Waals surface area contributed by atoms with Crippen molar-refractivity contribution in [2.75, 3.05) is 18.6 Å². The van der Waals surface area contributed by atoms with Crippen LogP contribution in [0.3, 0.4) is 0 Å². The Morgan fingerprint density at radius 3 is 2.60 bits per heavy atom. The van der Waals surface area contributed by atoms with E-state index in [0.717, 1.165) is 18.7 Å². The van der Waals surface area contributed by atoms with Crippen molar-refractivity contribution in [3.05, 3.63) is 0 Å². The van der Waals surface area contributed by atoms with Gasteiger partial charge in [0.05, 0.1) is 0 Å². The minimum absolute atomic E-state index is 0.559. The molecule has 0 aliphatic carbocycles. The van der Waals surface area contributed by atoms with Crippen molar-refractivity contribution in [1.29, 1.82) is 0 Å². The Kier molecular flexibility index (Phi) is 5.93. The van der Waals surface area contributed by atoms with Crippen LogP contribution in [0.1, 0.15) is 20.3 Å². The highest BCUT2D eigenvalue weighted by atomic mass is 32.2. The van der Waals surface area contributed by atoms with Crippen molar-refractivity contribution < 1.29 is 4.21 Å². The van der Waals surface area contributed by atoms with Crippen LogP contribution in [0.25, 0.3) is 0 Å². The highest BCUT2D eigenvalue weighted by molar-refractivity contribution is 7.84. The van der Waals surface area contributed by atoms with Crippen molar-refractivity contribution in [3.8, 4) is 0 Å². The van der Waals surface area contributed by atoms with Gasteiger partial charge in [0.15, 0.2) is 0 Å². The lowest BCUT2D eigenvalue weighted by Crippen LogP contribution is -2.28. The summed E-state index contributed by atoms with van der Waals surface area (Å²) in [7, 11) is -0.646. The molecule has 3 heteroatoms. The third-order valence-corrected chi connectivity index (χ3v) is 2.27. The average Bonchev–Trinajstić information content (AvgIpc) is 1.87. The summed E-state index contributed by atoms with van der Waals surface area (Å²) in [5.41, 5.74) is 0. The Morgan fingerprint density at radius 2 is 2.20 bits per heavy atom. The molecule has 0 amide bonds. The molecule has 62 valence electrons. The Balaban J connectivity index is 3.11. The van der Waals surface area contributed by atoms with E-state index >= 15 is 0 Å². The lowest BCUT2D eigenvalue weighted by atomic mass is 10.3. The molecule has 0 radical (unpaired) electrons. The topological polar surface area (TPSA) is 29.1 Å². The molecule has 0 aromatic carbocycles. The zero-order valence-corrected chi connectivity index (χ0v) is 7.83. The van der Waals surface area contributed by atoms with Crippen molar-refractivity contribution in [1.82, 2.24) is 5.32 Å². The van der Waals surface area contributed by atoms with Gasteiger partial charge in [-0.15, -0.1) is 0 Å². The zero-order chi connectivity index (χ0) is 7.98. The second kappa shape index (κ2) is 5.86. The Morgan fingerprint density at radius 1 is 1.60 bits per heavy atom. The van der Waals surface area contributed by atoms with Crippen molar-refractivity contribution in [3.63, 3.8) is 0 Å². The molecular formula is C7H17NOS. The van der Waals surface area contributed by atoms with Crippen LogP contribution in [-0.2, 0) is 10.8 Å². The van der Waals surface area contributed by atoms with Gasteiger partial charge in [0.25, 0.3) is 0 Å². The first-order valence-electron chi connectivity index (χ1n) is 3.70. The third-order valence-electron chi connectivity index (χ3n) is 1.49. The molecule has 0 heterocycles. The van der Waals surface area contributed by atoms with E-state index in [4.69, 9.17) is 0 Å². The molecule has 10 heavy (non-hydrogen) atoms. The molecule has 0 rings (SSSR count). The summed E-state index contributed by atoms with van der Waals surface area (Å²) in [6.07, 6.45) is 2.87. The minimum Gasteiger partial charge on any atom is -0.313 e. The van der Waals surface area contributed by atoms with Gasteiger partial charge in [-0.3, -0.25) is 4.21 Å². The van der Waals surface area contributed by atoms with Gasteiger partial charge in [-0.25, -0.2) is 0 Å². The minimum atomic E-state index is -0.646. The van der Waals surface area contributed by atoms with Crippen LogP contribution in [-0.4, -0.2) is 28.8 Å². The van der Waals surface area contributed by atoms with E-state index in [1.165, 1.54) is 0 Å². The Hall–Kier alpha value is 0.110. The summed E-state index contributed by atoms with van der Waals surface area (Å²) >= 11 is 0. The molecule has 0 saturated heterocycles. The van der Waals surface area contributed by atoms with E-state index in [1.807, 2.05) is 0 Å². The summed E-state index contributed by atoms with van der Waals surface area (Å²) in [6, 6.07) is 0.559. The van der Waals surface area contributed by atoms with Crippen molar-refractivity contribution in [2.45, 2.75) is 26.3 Å². The molecule has 2 atom stereocenters. The van der Waals surface area contributed by atoms with E-state index in [1.54, 1.807) is 6.26 Å². The van der Waals surface area contributed by atoms with Crippen molar-refractivity contribution >= 4 is 10.8 Å². The molecule has 0 aromatic heterocycles. The fraction of sp³-hybridized carbons (Fsp3) is 1.00. The van der Waals surface area contributed by atoms with E-state index in [9.17, 15) is 4.21 Å². The summed E-state index contributed by atoms with van der Waals surface area (Å²) < 4.78 is 10.6. The molecule has 0 fully saturated rings. The number of rotatable bonds is 5. The molecule has 0 saturated carbocycles. The summed E-state index contributed by atoms with van der Waals surface area (Å²) in [6.45, 7) is 5.15. The van der Waals surface area contributed by atoms with Crippen molar-refractivity contribution in [2.24, 2.45) is 0 Å². The maximum atomic E-state index is 10.6. The fourth-order valence-electron chi connectivity index (χ4n) is 0.593. The number of hydrogen-bond acceptors (Lipinski definition) is 2. The van der Waals surface area contributed by atoms with Gasteiger partial charge < -0.3 is 5.32 Å². The first kappa shape index (κ1) is 10.1. The molecule has 1 N–H and O–H groups in total. The van der Waals surface area contributed by atoms with Gasteiger partial charge in [0, 0.05) is 35.4 Å². The average molecular weight is 163 g/mol. The first-order chi connectivity index (χ1) is 4.66. The zero-order valence-electron chi connectivity index (χ0n) is 7.02. The van der Waals surface area contributed by atoms with Crippen LogP contribution in [0.2, 0.25) is 0 Å². The van der Waals surface area contributed by atoms with Gasteiger partial charge in [-0.1, -0.05) is 6.92 Å². The Bertz CT molecular complexity index is 106. The normalized spacial score (nSPS) is 16.7. The molecule has 2 unspecified atom stereocenters. The van der Waals surface area contributed by atoms with Gasteiger partial charge in [0.1, 0.15) is 0 Å². The van der Waals surface area contributed by atoms with Gasteiger partial charge >= 0.3 is 0 Å². The van der Waals surface area contributed by atoms with Crippen LogP contribution in [0.5, 0.6) is 0 Å². The molecular weight excluding hydrogens is 146 g/mol. The molecule has 0 aromatic rings. The monoisotopic (exact) mass is 163 g/mol. The fourth-order valence-corrected chi connectivity index (χ4v) is 0.999. The predicted molar refractivity (Wildman–Crippen MR) is 46.7 cm³/mol. The second-order valence-corrected chi connectivity index (χ2v) is 4.10. The highest BCUT2D eigenvalue weighted by Gasteiger charge is 1.96. The number of hydrogen-bond donors (Lipinski definition) is 1. The first-order valence-corrected chi connectivity index (χ1v) is 5.43. The summed E-state index contributed by atoms with van der Waals surface area (Å²) in [5.74, 6) is 0.768. The third kappa shape index (κ3) is 6.23. The van der Waals surface area contributed by atoms with E-state index in [0.29, 0.717) is 6.04 Å². The Labute approximate surface area is 65.9 Å². The molecule has 0 aliphatic rings. The maximum absolute atomic E-state index is 10.6. The summed E-state index contributed by atoms with van der Waals surface area (Å²) in [4.78, 5) is 0. The van der Waals surface area contributed by atoms with Crippen LogP contribution in [0.15, 0.2) is 0 Å². The molecule has 0 spiro atoms. The highest BCUT2D eigenvalue weighted by Crippen LogP contribution is 1.86. The standard InChI is InChI=1S/C7H17NOS/c1-4-7(2)8-5-6-10(3)9/h7-8H,4-6H2,1-3H3. The lowest BCUT2D eigenvalue weighted by Gasteiger charge is -2.09. The van der Waals surface area contributed by atoms with E-state index in [-0.39, 0.29) is 0 Å². The van der Waals surface area contributed by atoms with Crippen LogP contribution in [0.4, 0.5) is 0 Å². The lowest BCUT2D eigenvalue weighted by molar-refractivity contribution is 0.553. The predicted octanol–water partition coefficient (Wildman–Crippen LogP) is 0.753. The number of nitrogens with one attached hydrogen (secondary N) is 1. The molecule has 0 aliphatic heterocycles. The van der Waals surface area contributed by atoms with E-state index in [2.05, 4.69) is 19.2 Å². The second-order valence-electron chi connectivity index (χ2n) is 2.54. The largest absolute Gasteiger partial charge is 0.313 e. The smallest absolute Gasteiger partial charge is 0.0357 e. The van der Waals surface area contributed by atoms with Crippen LogP contribution >= 0.6 is 0 Å². The maximum Gasteiger partial charge on any atom is 0.0357 e. The van der Waals surface area contributed by atoms with Crippen LogP contribution in [0, 0.1) is 0 Å². The van der Waals surface area contributed by atoms with Gasteiger partial charge in [-0.05, 0) is 13.3 Å². The summed E-state index contributed by atoms with van der Waals surface area (Å²) in [5, 5.41) is 3.27.